The molecule has 3 heteroatoms. The van der Waals surface area contributed by atoms with Gasteiger partial charge in [-0.3, -0.25) is 0 Å². The fraction of sp³-hybridized carbons (Fsp3) is 0.409. The Morgan fingerprint density at radius 1 is 0.920 bits per heavy atom. The second kappa shape index (κ2) is 7.73. The number of unbranched alkanes of at least 4 members (excludes halogenated alkanes) is 4. The third-order valence-electron chi connectivity index (χ3n) is 5.09. The highest BCUT2D eigenvalue weighted by atomic mass is 15.0. The van der Waals surface area contributed by atoms with E-state index in [1.165, 1.54) is 54.1 Å². The van der Waals surface area contributed by atoms with Crippen molar-refractivity contribution in [2.45, 2.75) is 58.9 Å². The molecule has 25 heavy (non-hydrogen) atoms. The summed E-state index contributed by atoms with van der Waals surface area (Å²) in [6.07, 6.45) is 7.45. The van der Waals surface area contributed by atoms with Crippen molar-refractivity contribution in [3.63, 3.8) is 0 Å². The Hall–Kier alpha value is -2.29. The van der Waals surface area contributed by atoms with Crippen LogP contribution in [0.25, 0.3) is 22.0 Å². The van der Waals surface area contributed by atoms with E-state index in [0.717, 1.165) is 24.3 Å². The summed E-state index contributed by atoms with van der Waals surface area (Å²) in [6, 6.07) is 12.2. The van der Waals surface area contributed by atoms with Crippen LogP contribution < -0.4 is 11.1 Å². The first-order valence-corrected chi connectivity index (χ1v) is 9.55. The molecule has 3 nitrogen and oxygen atoms in total. The molecule has 3 N–H and O–H groups in total. The first kappa shape index (κ1) is 17.5. The predicted octanol–water partition coefficient (Wildman–Crippen LogP) is 5.34. The number of nitrogen functional groups attached to an aromatic ring is 1. The molecule has 0 radical (unpaired) electrons. The summed E-state index contributed by atoms with van der Waals surface area (Å²) in [5.41, 5.74) is 10.7. The van der Waals surface area contributed by atoms with Crippen LogP contribution >= 0.6 is 0 Å². The maximum Gasteiger partial charge on any atom is 0.0561 e. The predicted molar refractivity (Wildman–Crippen MR) is 107 cm³/mol. The van der Waals surface area contributed by atoms with Gasteiger partial charge in [-0.15, -0.1) is 0 Å². The Kier molecular flexibility index (Phi) is 5.42. The minimum atomic E-state index is 0.568. The lowest BCUT2D eigenvalue weighted by Gasteiger charge is -2.23. The highest BCUT2D eigenvalue weighted by molar-refractivity contribution is 5.99. The van der Waals surface area contributed by atoms with Gasteiger partial charge < -0.3 is 15.7 Å². The van der Waals surface area contributed by atoms with Crippen molar-refractivity contribution in [2.24, 2.45) is 0 Å². The molecule has 0 unspecified atom stereocenters. The molecular formula is C22H29N3. The van der Waals surface area contributed by atoms with Gasteiger partial charge in [0.15, 0.2) is 0 Å². The fourth-order valence-corrected chi connectivity index (χ4v) is 3.84. The van der Waals surface area contributed by atoms with Gasteiger partial charge in [-0.05, 0) is 49.4 Å². The zero-order valence-corrected chi connectivity index (χ0v) is 15.4. The quantitative estimate of drug-likeness (QED) is 0.342. The second-order valence-corrected chi connectivity index (χ2v) is 6.89. The monoisotopic (exact) mass is 335 g/mol. The molecule has 1 heterocycles. The summed E-state index contributed by atoms with van der Waals surface area (Å²) in [5, 5.41) is 11.1. The minimum absolute atomic E-state index is 0.568. The van der Waals surface area contributed by atoms with Crippen LogP contribution in [0.15, 0.2) is 36.4 Å². The van der Waals surface area contributed by atoms with Gasteiger partial charge in [-0.25, -0.2) is 0 Å². The SMILES string of the molecule is CCCCCCCc1c2cc(N)ccc2c2ccc(=N)cc-2n1CC. The lowest BCUT2D eigenvalue weighted by molar-refractivity contribution is 0.612. The molecule has 1 aromatic carbocycles. The van der Waals surface area contributed by atoms with Gasteiger partial charge in [0.1, 0.15) is 0 Å². The third kappa shape index (κ3) is 3.55. The molecule has 0 fully saturated rings. The Morgan fingerprint density at radius 2 is 1.72 bits per heavy atom. The first-order valence-electron chi connectivity index (χ1n) is 9.55. The van der Waals surface area contributed by atoms with Crippen molar-refractivity contribution in [2.75, 3.05) is 5.73 Å². The van der Waals surface area contributed by atoms with E-state index < -0.39 is 0 Å². The van der Waals surface area contributed by atoms with E-state index in [-0.39, 0.29) is 0 Å². The average Bonchev–Trinajstić information content (AvgIpc) is 2.61. The van der Waals surface area contributed by atoms with Crippen LogP contribution in [0.5, 0.6) is 0 Å². The van der Waals surface area contributed by atoms with E-state index in [1.54, 1.807) is 0 Å². The number of aromatic nitrogens is 1. The lowest BCUT2D eigenvalue weighted by Crippen LogP contribution is -2.13. The number of hydrogen-bond donors (Lipinski definition) is 2. The van der Waals surface area contributed by atoms with Crippen LogP contribution in [0.4, 0.5) is 5.69 Å². The molecule has 1 aliphatic carbocycles. The number of fused-ring (bicyclic) bond motifs is 3. The molecule has 0 saturated heterocycles. The summed E-state index contributed by atoms with van der Waals surface area (Å²) >= 11 is 0. The van der Waals surface area contributed by atoms with Crippen LogP contribution in [0.2, 0.25) is 0 Å². The molecule has 0 amide bonds. The molecule has 132 valence electrons. The van der Waals surface area contributed by atoms with Gasteiger partial charge >= 0.3 is 0 Å². The standard InChI is InChI=1S/C22H29N3/c1-3-5-6-7-8-9-21-20-14-16(23)10-12-18(20)19-13-11-17(24)15-22(19)25(21)4-2/h10-15,24H,3-9,23H2,1-2H3. The molecule has 1 aromatic rings. The molecular weight excluding hydrogens is 306 g/mol. The van der Waals surface area contributed by atoms with Crippen LogP contribution in [0, 0.1) is 5.41 Å². The van der Waals surface area contributed by atoms with E-state index >= 15 is 0 Å². The zero-order chi connectivity index (χ0) is 17.8. The van der Waals surface area contributed by atoms with Gasteiger partial charge in [-0.2, -0.15) is 0 Å². The summed E-state index contributed by atoms with van der Waals surface area (Å²) < 4.78 is 2.38. The van der Waals surface area contributed by atoms with Crippen LogP contribution in [0.3, 0.4) is 0 Å². The summed E-state index contributed by atoms with van der Waals surface area (Å²) in [5.74, 6) is 0. The number of nitrogens with one attached hydrogen (secondary N) is 1. The first-order chi connectivity index (χ1) is 12.2. The van der Waals surface area contributed by atoms with E-state index in [4.69, 9.17) is 11.1 Å². The molecule has 2 aliphatic rings. The lowest BCUT2D eigenvalue weighted by atomic mass is 9.95. The number of nitrogens with two attached hydrogens (primary N) is 1. The van der Waals surface area contributed by atoms with E-state index in [1.807, 2.05) is 18.2 Å². The second-order valence-electron chi connectivity index (χ2n) is 6.89. The Bertz CT molecular complexity index is 892. The van der Waals surface area contributed by atoms with Crippen molar-refractivity contribution in [3.05, 3.63) is 47.4 Å². The topological polar surface area (TPSA) is 54.8 Å². The molecule has 0 aromatic heterocycles. The number of rotatable bonds is 7. The Morgan fingerprint density at radius 3 is 2.48 bits per heavy atom. The van der Waals surface area contributed by atoms with Gasteiger partial charge in [0.05, 0.1) is 11.1 Å². The number of aryl methyl sites for hydroxylation is 1. The van der Waals surface area contributed by atoms with Crippen LogP contribution in [-0.4, -0.2) is 4.57 Å². The molecule has 3 rings (SSSR count). The average molecular weight is 335 g/mol. The van der Waals surface area contributed by atoms with Crippen molar-refractivity contribution in [1.82, 2.24) is 4.57 Å². The number of hydrogen-bond acceptors (Lipinski definition) is 2. The maximum atomic E-state index is 8.04. The van der Waals surface area contributed by atoms with Crippen molar-refractivity contribution in [3.8, 4) is 11.3 Å². The number of nitrogens with zero attached hydrogens (tertiary/aromatic N) is 1. The maximum absolute atomic E-state index is 8.04. The Labute approximate surface area is 150 Å². The van der Waals surface area contributed by atoms with Crippen LogP contribution in [-0.2, 0) is 13.0 Å². The normalized spacial score (nSPS) is 11.4. The van der Waals surface area contributed by atoms with Gasteiger partial charge in [0, 0.05) is 28.9 Å². The summed E-state index contributed by atoms with van der Waals surface area (Å²) in [4.78, 5) is 0. The number of anilines is 1. The summed E-state index contributed by atoms with van der Waals surface area (Å²) in [6.45, 7) is 5.35. The molecule has 0 saturated carbocycles. The molecule has 1 aliphatic heterocycles. The van der Waals surface area contributed by atoms with Gasteiger partial charge in [0.25, 0.3) is 0 Å². The van der Waals surface area contributed by atoms with Gasteiger partial charge in [-0.1, -0.05) is 44.7 Å². The highest BCUT2D eigenvalue weighted by Crippen LogP contribution is 2.35. The molecule has 0 bridgehead atoms. The molecule has 0 atom stereocenters. The van der Waals surface area contributed by atoms with E-state index in [2.05, 4.69) is 36.6 Å². The van der Waals surface area contributed by atoms with E-state index in [0.29, 0.717) is 5.36 Å². The van der Waals surface area contributed by atoms with Gasteiger partial charge in [0.2, 0.25) is 0 Å². The Balaban J connectivity index is 2.14. The zero-order valence-electron chi connectivity index (χ0n) is 15.4. The smallest absolute Gasteiger partial charge is 0.0561 e. The summed E-state index contributed by atoms with van der Waals surface area (Å²) in [7, 11) is 0. The van der Waals surface area contributed by atoms with Crippen molar-refractivity contribution < 1.29 is 0 Å². The number of pyridine rings is 1. The highest BCUT2D eigenvalue weighted by Gasteiger charge is 2.16. The minimum Gasteiger partial charge on any atom is -0.399 e. The largest absolute Gasteiger partial charge is 0.399 e. The van der Waals surface area contributed by atoms with Crippen molar-refractivity contribution in [1.29, 1.82) is 5.41 Å². The van der Waals surface area contributed by atoms with Crippen LogP contribution in [0.1, 0.15) is 51.6 Å². The number of benzene rings is 2. The fourth-order valence-electron chi connectivity index (χ4n) is 3.84. The van der Waals surface area contributed by atoms with Crippen molar-refractivity contribution >= 4 is 16.5 Å². The van der Waals surface area contributed by atoms with E-state index in [9.17, 15) is 0 Å². The third-order valence-corrected chi connectivity index (χ3v) is 5.09. The molecule has 0 spiro atoms.